The molecule has 78 valence electrons. The molecule has 0 spiro atoms. The van der Waals surface area contributed by atoms with E-state index in [0.29, 0.717) is 0 Å². The van der Waals surface area contributed by atoms with Crippen molar-refractivity contribution < 1.29 is 0 Å². The maximum Gasteiger partial charge on any atom is 0.138 e. The summed E-state index contributed by atoms with van der Waals surface area (Å²) in [5.74, 6) is 0. The quantitative estimate of drug-likeness (QED) is 0.810. The smallest absolute Gasteiger partial charge is 0.138 e. The van der Waals surface area contributed by atoms with E-state index in [9.17, 15) is 0 Å². The van der Waals surface area contributed by atoms with E-state index in [0.717, 1.165) is 17.8 Å². The van der Waals surface area contributed by atoms with Gasteiger partial charge in [0, 0.05) is 6.04 Å². The van der Waals surface area contributed by atoms with Crippen molar-refractivity contribution in [3.05, 3.63) is 36.7 Å². The van der Waals surface area contributed by atoms with Gasteiger partial charge >= 0.3 is 0 Å². The Morgan fingerprint density at radius 3 is 2.87 bits per heavy atom. The standard InChI is InChI=1S/C10H13N5/c1-2-9(11)10-4-3-8(5-13-10)15-7-12-6-14-15/h3-7,9H,2,11H2,1H3. The molecule has 0 saturated heterocycles. The molecule has 0 aliphatic carbocycles. The first-order chi connectivity index (χ1) is 7.31. The van der Waals surface area contributed by atoms with Crippen molar-refractivity contribution in [1.29, 1.82) is 0 Å². The predicted octanol–water partition coefficient (Wildman–Crippen LogP) is 1.07. The van der Waals surface area contributed by atoms with Crippen molar-refractivity contribution in [3.8, 4) is 5.69 Å². The van der Waals surface area contributed by atoms with E-state index in [1.807, 2.05) is 19.1 Å². The average molecular weight is 203 g/mol. The number of hydrogen-bond acceptors (Lipinski definition) is 4. The lowest BCUT2D eigenvalue weighted by Crippen LogP contribution is -2.10. The highest BCUT2D eigenvalue weighted by Gasteiger charge is 2.04. The molecule has 0 amide bonds. The maximum absolute atomic E-state index is 5.87. The Balaban J connectivity index is 2.25. The van der Waals surface area contributed by atoms with Gasteiger partial charge in [0.1, 0.15) is 12.7 Å². The second kappa shape index (κ2) is 4.18. The highest BCUT2D eigenvalue weighted by Crippen LogP contribution is 2.12. The van der Waals surface area contributed by atoms with E-state index in [2.05, 4.69) is 15.1 Å². The summed E-state index contributed by atoms with van der Waals surface area (Å²) in [4.78, 5) is 8.16. The Hall–Kier alpha value is -1.75. The molecular formula is C10H13N5. The van der Waals surface area contributed by atoms with E-state index in [1.165, 1.54) is 6.33 Å². The normalized spacial score (nSPS) is 12.7. The van der Waals surface area contributed by atoms with Gasteiger partial charge in [0.05, 0.1) is 17.6 Å². The van der Waals surface area contributed by atoms with E-state index >= 15 is 0 Å². The van der Waals surface area contributed by atoms with Crippen LogP contribution < -0.4 is 5.73 Å². The first-order valence-electron chi connectivity index (χ1n) is 4.87. The van der Waals surface area contributed by atoms with Crippen LogP contribution in [0.4, 0.5) is 0 Å². The molecule has 1 atom stereocenters. The van der Waals surface area contributed by atoms with Gasteiger partial charge in [-0.05, 0) is 18.6 Å². The molecule has 5 nitrogen and oxygen atoms in total. The molecule has 0 aromatic carbocycles. The lowest BCUT2D eigenvalue weighted by atomic mass is 10.1. The molecular weight excluding hydrogens is 190 g/mol. The van der Waals surface area contributed by atoms with E-state index < -0.39 is 0 Å². The van der Waals surface area contributed by atoms with Crippen LogP contribution in [0.1, 0.15) is 25.1 Å². The van der Waals surface area contributed by atoms with Gasteiger partial charge in [0.15, 0.2) is 0 Å². The number of aromatic nitrogens is 4. The minimum absolute atomic E-state index is 0.00907. The van der Waals surface area contributed by atoms with Gasteiger partial charge in [-0.15, -0.1) is 0 Å². The molecule has 0 radical (unpaired) electrons. The van der Waals surface area contributed by atoms with Gasteiger partial charge in [-0.25, -0.2) is 9.67 Å². The van der Waals surface area contributed by atoms with Crippen LogP contribution in [0, 0.1) is 0 Å². The van der Waals surface area contributed by atoms with Crippen molar-refractivity contribution >= 4 is 0 Å². The summed E-state index contributed by atoms with van der Waals surface area (Å²) < 4.78 is 1.66. The molecule has 1 unspecified atom stereocenters. The third-order valence-electron chi connectivity index (χ3n) is 2.27. The predicted molar refractivity (Wildman–Crippen MR) is 56.4 cm³/mol. The Labute approximate surface area is 88.0 Å². The second-order valence-corrected chi connectivity index (χ2v) is 3.30. The summed E-state index contributed by atoms with van der Waals surface area (Å²) in [6.45, 7) is 2.04. The summed E-state index contributed by atoms with van der Waals surface area (Å²) in [6, 6.07) is 3.87. The lowest BCUT2D eigenvalue weighted by Gasteiger charge is -2.08. The van der Waals surface area contributed by atoms with Crippen molar-refractivity contribution in [2.75, 3.05) is 0 Å². The topological polar surface area (TPSA) is 69.6 Å². The van der Waals surface area contributed by atoms with Gasteiger partial charge in [0.2, 0.25) is 0 Å². The zero-order chi connectivity index (χ0) is 10.7. The van der Waals surface area contributed by atoms with Gasteiger partial charge < -0.3 is 5.73 Å². The third kappa shape index (κ3) is 2.02. The van der Waals surface area contributed by atoms with Gasteiger partial charge in [-0.1, -0.05) is 6.92 Å². The van der Waals surface area contributed by atoms with Crippen molar-refractivity contribution in [1.82, 2.24) is 19.7 Å². The molecule has 0 aliphatic heterocycles. The number of hydrogen-bond donors (Lipinski definition) is 1. The van der Waals surface area contributed by atoms with Crippen LogP contribution >= 0.6 is 0 Å². The SMILES string of the molecule is CCC(N)c1ccc(-n2cncn2)cn1. The molecule has 5 heteroatoms. The van der Waals surface area contributed by atoms with Crippen LogP contribution in [0.15, 0.2) is 31.0 Å². The zero-order valence-corrected chi connectivity index (χ0v) is 8.54. The van der Waals surface area contributed by atoms with Crippen molar-refractivity contribution in [3.63, 3.8) is 0 Å². The minimum atomic E-state index is 0.00907. The molecule has 0 bridgehead atoms. The molecule has 0 aliphatic rings. The minimum Gasteiger partial charge on any atom is -0.323 e. The second-order valence-electron chi connectivity index (χ2n) is 3.30. The molecule has 2 N–H and O–H groups in total. The van der Waals surface area contributed by atoms with E-state index in [1.54, 1.807) is 17.2 Å². The van der Waals surface area contributed by atoms with E-state index in [-0.39, 0.29) is 6.04 Å². The number of rotatable bonds is 3. The first kappa shape index (κ1) is 9.79. The molecule has 2 aromatic heterocycles. The highest BCUT2D eigenvalue weighted by atomic mass is 15.3. The lowest BCUT2D eigenvalue weighted by molar-refractivity contribution is 0.674. The molecule has 2 aromatic rings. The van der Waals surface area contributed by atoms with Crippen LogP contribution in [0.2, 0.25) is 0 Å². The van der Waals surface area contributed by atoms with Crippen LogP contribution in [-0.2, 0) is 0 Å². The molecule has 2 rings (SSSR count). The van der Waals surface area contributed by atoms with Gasteiger partial charge in [0.25, 0.3) is 0 Å². The maximum atomic E-state index is 5.87. The fraction of sp³-hybridized carbons (Fsp3) is 0.300. The molecule has 2 heterocycles. The molecule has 0 fully saturated rings. The number of pyridine rings is 1. The fourth-order valence-corrected chi connectivity index (χ4v) is 1.30. The van der Waals surface area contributed by atoms with Crippen molar-refractivity contribution in [2.24, 2.45) is 5.73 Å². The largest absolute Gasteiger partial charge is 0.323 e. The molecule has 0 saturated carbocycles. The highest BCUT2D eigenvalue weighted by molar-refractivity contribution is 5.28. The monoisotopic (exact) mass is 203 g/mol. The van der Waals surface area contributed by atoms with Crippen LogP contribution in [0.3, 0.4) is 0 Å². The fourth-order valence-electron chi connectivity index (χ4n) is 1.30. The summed E-state index contributed by atoms with van der Waals surface area (Å²) >= 11 is 0. The number of nitrogens with two attached hydrogens (primary N) is 1. The molecule has 15 heavy (non-hydrogen) atoms. The van der Waals surface area contributed by atoms with Crippen molar-refractivity contribution in [2.45, 2.75) is 19.4 Å². The zero-order valence-electron chi connectivity index (χ0n) is 8.54. The Morgan fingerprint density at radius 1 is 1.47 bits per heavy atom. The van der Waals surface area contributed by atoms with Crippen LogP contribution in [-0.4, -0.2) is 19.7 Å². The summed E-state index contributed by atoms with van der Waals surface area (Å²) in [5.41, 5.74) is 7.66. The summed E-state index contributed by atoms with van der Waals surface area (Å²) in [5, 5.41) is 4.02. The Morgan fingerprint density at radius 2 is 2.33 bits per heavy atom. The summed E-state index contributed by atoms with van der Waals surface area (Å²) in [7, 11) is 0. The van der Waals surface area contributed by atoms with E-state index in [4.69, 9.17) is 5.73 Å². The van der Waals surface area contributed by atoms with Gasteiger partial charge in [-0.3, -0.25) is 4.98 Å². The Bertz CT molecular complexity index is 406. The number of nitrogens with zero attached hydrogens (tertiary/aromatic N) is 4. The first-order valence-corrected chi connectivity index (χ1v) is 4.87. The summed E-state index contributed by atoms with van der Waals surface area (Å²) in [6.07, 6.45) is 5.76. The Kier molecular flexibility index (Phi) is 2.73. The van der Waals surface area contributed by atoms with Gasteiger partial charge in [-0.2, -0.15) is 5.10 Å². The van der Waals surface area contributed by atoms with Crippen LogP contribution in [0.25, 0.3) is 5.69 Å². The average Bonchev–Trinajstić information content (AvgIpc) is 2.82. The third-order valence-corrected chi connectivity index (χ3v) is 2.27. The van der Waals surface area contributed by atoms with Crippen LogP contribution in [0.5, 0.6) is 0 Å².